The zero-order valence-corrected chi connectivity index (χ0v) is 27.0. The Morgan fingerprint density at radius 1 is 1.07 bits per heavy atom. The summed E-state index contributed by atoms with van der Waals surface area (Å²) in [6.07, 6.45) is 9.98. The number of aliphatic hydroxyl groups excluding tert-OH is 1. The minimum atomic E-state index is -0.502. The van der Waals surface area contributed by atoms with Crippen LogP contribution in [-0.2, 0) is 25.5 Å². The summed E-state index contributed by atoms with van der Waals surface area (Å²) < 4.78 is 12.9. The van der Waals surface area contributed by atoms with Gasteiger partial charge in [-0.25, -0.2) is 0 Å². The third-order valence-corrected chi connectivity index (χ3v) is 14.7. The number of hydrogen-bond acceptors (Lipinski definition) is 6. The molecule has 236 valence electrons. The molecule has 5 aliphatic carbocycles. The van der Waals surface area contributed by atoms with Crippen molar-refractivity contribution >= 4 is 11.9 Å². The number of pyridine rings is 1. The van der Waals surface area contributed by atoms with E-state index in [-0.39, 0.29) is 63.7 Å². The van der Waals surface area contributed by atoms with Crippen LogP contribution in [0.3, 0.4) is 0 Å². The summed E-state index contributed by atoms with van der Waals surface area (Å²) in [4.78, 5) is 29.0. The molecule has 1 aromatic rings. The quantitative estimate of drug-likeness (QED) is 0.439. The van der Waals surface area contributed by atoms with Crippen molar-refractivity contribution in [1.82, 2.24) is 10.3 Å². The first-order chi connectivity index (χ1) is 20.3. The molecule has 0 radical (unpaired) electrons. The minimum absolute atomic E-state index is 0.0235. The third-order valence-electron chi connectivity index (χ3n) is 14.7. The lowest BCUT2D eigenvalue weighted by Crippen LogP contribution is -2.60. The average Bonchev–Trinajstić information content (AvgIpc) is 3.59. The first kappa shape index (κ1) is 29.7. The number of rotatable bonds is 5. The molecule has 2 heterocycles. The van der Waals surface area contributed by atoms with Crippen molar-refractivity contribution in [3.63, 3.8) is 0 Å². The van der Waals surface area contributed by atoms with E-state index in [0.29, 0.717) is 30.2 Å². The Hall–Kier alpha value is -1.99. The van der Waals surface area contributed by atoms with Crippen LogP contribution >= 0.6 is 0 Å². The summed E-state index contributed by atoms with van der Waals surface area (Å²) in [6, 6.07) is 5.67. The second-order valence-electron chi connectivity index (χ2n) is 16.6. The van der Waals surface area contributed by atoms with Crippen molar-refractivity contribution < 1.29 is 24.2 Å². The summed E-state index contributed by atoms with van der Waals surface area (Å²) >= 11 is 0. The molecular formula is C36H52N2O5. The maximum atomic E-state index is 13.0. The Balaban J connectivity index is 1.12. The molecule has 0 bridgehead atoms. The Morgan fingerprint density at radius 2 is 1.81 bits per heavy atom. The molecule has 12 atom stereocenters. The molecule has 12 unspecified atom stereocenters. The van der Waals surface area contributed by atoms with Crippen LogP contribution in [0.2, 0.25) is 0 Å². The van der Waals surface area contributed by atoms with Gasteiger partial charge in [0.25, 0.3) is 0 Å². The monoisotopic (exact) mass is 592 g/mol. The third kappa shape index (κ3) is 3.95. The summed E-state index contributed by atoms with van der Waals surface area (Å²) in [5, 5.41) is 15.3. The van der Waals surface area contributed by atoms with Crippen LogP contribution < -0.4 is 5.32 Å². The van der Waals surface area contributed by atoms with E-state index in [0.717, 1.165) is 44.2 Å². The van der Waals surface area contributed by atoms with Crippen LogP contribution in [0, 0.1) is 50.7 Å². The number of hydrogen-bond donors (Lipinski definition) is 2. The van der Waals surface area contributed by atoms with Crippen molar-refractivity contribution in [1.29, 1.82) is 0 Å². The maximum Gasteiger partial charge on any atom is 0.312 e. The van der Waals surface area contributed by atoms with Crippen molar-refractivity contribution in [3.8, 4) is 0 Å². The van der Waals surface area contributed by atoms with Gasteiger partial charge >= 0.3 is 5.97 Å². The van der Waals surface area contributed by atoms with Crippen LogP contribution in [0.25, 0.3) is 0 Å². The van der Waals surface area contributed by atoms with Gasteiger partial charge in [-0.15, -0.1) is 0 Å². The fraction of sp³-hybridized carbons (Fsp3) is 0.806. The van der Waals surface area contributed by atoms with Gasteiger partial charge in [0.05, 0.1) is 30.4 Å². The van der Waals surface area contributed by atoms with E-state index in [1.165, 1.54) is 12.8 Å². The molecular weight excluding hydrogens is 540 g/mol. The summed E-state index contributed by atoms with van der Waals surface area (Å²) in [5.74, 6) is 1.55. The molecule has 1 aliphatic heterocycles. The van der Waals surface area contributed by atoms with Crippen LogP contribution in [0.15, 0.2) is 24.4 Å². The second kappa shape index (κ2) is 9.75. The molecule has 1 aromatic heterocycles. The Morgan fingerprint density at radius 3 is 2.53 bits per heavy atom. The zero-order valence-electron chi connectivity index (χ0n) is 27.0. The second-order valence-corrected chi connectivity index (χ2v) is 16.6. The van der Waals surface area contributed by atoms with E-state index in [4.69, 9.17) is 9.47 Å². The summed E-state index contributed by atoms with van der Waals surface area (Å²) in [6.45, 7) is 14.0. The molecule has 2 spiro atoms. The van der Waals surface area contributed by atoms with Gasteiger partial charge in [-0.3, -0.25) is 14.6 Å². The SMILES string of the molecule is CC(=O)NCC1CC(C)C2C(O1)C(O)C1(C)C3CCC4C(C)(C)C(OC(=O)Cc5ccccn5)CCC45CC35CCC21C. The number of ether oxygens (including phenoxy) is 2. The van der Waals surface area contributed by atoms with Crippen LogP contribution in [0.5, 0.6) is 0 Å². The fourth-order valence-corrected chi connectivity index (χ4v) is 12.8. The topological polar surface area (TPSA) is 97.8 Å². The van der Waals surface area contributed by atoms with E-state index in [9.17, 15) is 14.7 Å². The van der Waals surface area contributed by atoms with E-state index in [1.807, 2.05) is 18.2 Å². The molecule has 6 aliphatic rings. The summed E-state index contributed by atoms with van der Waals surface area (Å²) in [5.41, 5.74) is 1.02. The van der Waals surface area contributed by atoms with Gasteiger partial charge in [-0.1, -0.05) is 40.7 Å². The number of amides is 1. The number of carbonyl (C=O) groups is 2. The van der Waals surface area contributed by atoms with Gasteiger partial charge in [0.2, 0.25) is 5.91 Å². The number of nitrogens with zero attached hydrogens (tertiary/aromatic N) is 1. The molecule has 43 heavy (non-hydrogen) atoms. The number of aromatic nitrogens is 1. The highest BCUT2D eigenvalue weighted by atomic mass is 16.5. The molecule has 5 saturated carbocycles. The Bertz CT molecular complexity index is 1290. The smallest absolute Gasteiger partial charge is 0.312 e. The predicted octanol–water partition coefficient (Wildman–Crippen LogP) is 5.49. The van der Waals surface area contributed by atoms with Gasteiger partial charge in [0, 0.05) is 30.5 Å². The molecule has 7 nitrogen and oxygen atoms in total. The molecule has 2 N–H and O–H groups in total. The van der Waals surface area contributed by atoms with Gasteiger partial charge in [-0.2, -0.15) is 0 Å². The molecule has 1 saturated heterocycles. The lowest BCUT2D eigenvalue weighted by Gasteiger charge is -2.63. The first-order valence-electron chi connectivity index (χ1n) is 17.0. The number of esters is 1. The van der Waals surface area contributed by atoms with Crippen LogP contribution in [-0.4, -0.2) is 52.9 Å². The van der Waals surface area contributed by atoms with Gasteiger partial charge < -0.3 is 19.9 Å². The van der Waals surface area contributed by atoms with Crippen LogP contribution in [0.4, 0.5) is 0 Å². The van der Waals surface area contributed by atoms with Crippen LogP contribution in [0.1, 0.15) is 98.6 Å². The summed E-state index contributed by atoms with van der Waals surface area (Å²) in [7, 11) is 0. The van der Waals surface area contributed by atoms with Crippen molar-refractivity contribution in [2.45, 2.75) is 124 Å². The highest BCUT2D eigenvalue weighted by Crippen LogP contribution is 2.89. The lowest BCUT2D eigenvalue weighted by atomic mass is 9.41. The van der Waals surface area contributed by atoms with Crippen molar-refractivity contribution in [2.75, 3.05) is 6.54 Å². The van der Waals surface area contributed by atoms with E-state index in [2.05, 4.69) is 44.9 Å². The predicted molar refractivity (Wildman–Crippen MR) is 163 cm³/mol. The molecule has 7 rings (SSSR count). The van der Waals surface area contributed by atoms with Gasteiger partial charge in [0.15, 0.2) is 0 Å². The minimum Gasteiger partial charge on any atom is -0.461 e. The lowest BCUT2D eigenvalue weighted by molar-refractivity contribution is -0.192. The average molecular weight is 593 g/mol. The van der Waals surface area contributed by atoms with E-state index >= 15 is 0 Å². The van der Waals surface area contributed by atoms with Crippen molar-refractivity contribution in [2.24, 2.45) is 50.7 Å². The number of nitrogens with one attached hydrogen (secondary N) is 1. The first-order valence-corrected chi connectivity index (χ1v) is 17.0. The van der Waals surface area contributed by atoms with Crippen molar-refractivity contribution in [3.05, 3.63) is 30.1 Å². The van der Waals surface area contributed by atoms with E-state index in [1.54, 1.807) is 13.1 Å². The molecule has 7 heteroatoms. The number of aliphatic hydroxyl groups is 1. The highest BCUT2D eigenvalue weighted by Gasteiger charge is 2.84. The van der Waals surface area contributed by atoms with E-state index < -0.39 is 6.10 Å². The standard InChI is InChI=1S/C36H52N2O5/c1-21-17-24(19-38-22(2)39)42-30-29(21)33(5)14-15-36-20-35(36)13-12-27(43-28(40)18-23-9-7-8-16-37-23)32(3,4)25(35)10-11-26(36)34(33,6)31(30)41/h7-9,16,21,24-27,29-31,41H,10-15,17-20H2,1-6H3,(H,38,39). The molecule has 6 fully saturated rings. The van der Waals surface area contributed by atoms with Gasteiger partial charge in [-0.05, 0) is 103 Å². The fourth-order valence-electron chi connectivity index (χ4n) is 12.8. The van der Waals surface area contributed by atoms with Gasteiger partial charge in [0.1, 0.15) is 6.10 Å². The Kier molecular flexibility index (Phi) is 6.74. The number of fused-ring (bicyclic) bond motifs is 4. The largest absolute Gasteiger partial charge is 0.461 e. The highest BCUT2D eigenvalue weighted by molar-refractivity contribution is 5.73. The maximum absolute atomic E-state index is 13.0. The molecule has 0 aromatic carbocycles. The molecule has 1 amide bonds. The normalized spacial score (nSPS) is 48.9. The zero-order chi connectivity index (χ0) is 30.6. The number of carbonyl (C=O) groups excluding carboxylic acids is 2. The Labute approximate surface area is 257 Å².